The molecule has 0 aromatic heterocycles. The number of halogens is 3. The van der Waals surface area contributed by atoms with Gasteiger partial charge in [0, 0.05) is 6.08 Å². The maximum Gasteiger partial charge on any atom is 0.430 e. The molecular weight excluding hydrogens is 147 g/mol. The molecule has 0 amide bonds. The van der Waals surface area contributed by atoms with Crippen molar-refractivity contribution in [1.82, 2.24) is 0 Å². The molecule has 0 aliphatic carbocycles. The molecule has 0 saturated carbocycles. The van der Waals surface area contributed by atoms with Gasteiger partial charge in [-0.15, -0.1) is 0 Å². The molecule has 0 aliphatic rings. The van der Waals surface area contributed by atoms with Crippen LogP contribution in [-0.2, 0) is 4.79 Å². The van der Waals surface area contributed by atoms with E-state index in [-0.39, 0.29) is 0 Å². The predicted octanol–water partition coefficient (Wildman–Crippen LogP) is 0.980. The molecule has 58 valence electrons. The maximum absolute atomic E-state index is 11.5. The van der Waals surface area contributed by atoms with Gasteiger partial charge in [-0.1, -0.05) is 0 Å². The summed E-state index contributed by atoms with van der Waals surface area (Å²) >= 11 is 0. The Morgan fingerprint density at radius 2 is 1.90 bits per heavy atom. The summed E-state index contributed by atoms with van der Waals surface area (Å²) in [5.74, 6) is -0.713. The van der Waals surface area contributed by atoms with Crippen LogP contribution in [0.1, 0.15) is 6.92 Å². The highest BCUT2D eigenvalue weighted by molar-refractivity contribution is 5.87. The van der Waals surface area contributed by atoms with Gasteiger partial charge in [0.25, 0.3) is 0 Å². The predicted molar refractivity (Wildman–Crippen MR) is 29.0 cm³/mol. The molecule has 0 heterocycles. The maximum atomic E-state index is 11.5. The van der Waals surface area contributed by atoms with Crippen LogP contribution < -0.4 is 5.73 Å². The molecule has 0 spiro atoms. The van der Waals surface area contributed by atoms with Crippen molar-refractivity contribution >= 4 is 5.78 Å². The third kappa shape index (κ3) is 3.11. The van der Waals surface area contributed by atoms with Gasteiger partial charge < -0.3 is 5.73 Å². The molecule has 5 heteroatoms. The van der Waals surface area contributed by atoms with Gasteiger partial charge in [-0.3, -0.25) is 4.79 Å². The van der Waals surface area contributed by atoms with Gasteiger partial charge in [0.15, 0.2) is 5.78 Å². The van der Waals surface area contributed by atoms with Crippen LogP contribution in [0.2, 0.25) is 0 Å². The smallest absolute Gasteiger partial charge is 0.395 e. The van der Waals surface area contributed by atoms with Crippen LogP contribution in [0.4, 0.5) is 13.2 Å². The quantitative estimate of drug-likeness (QED) is 0.570. The number of rotatable bonds is 1. The van der Waals surface area contributed by atoms with E-state index in [2.05, 4.69) is 5.73 Å². The Morgan fingerprint density at radius 3 is 2.00 bits per heavy atom. The topological polar surface area (TPSA) is 43.1 Å². The zero-order chi connectivity index (χ0) is 8.36. The molecule has 2 N–H and O–H groups in total. The zero-order valence-electron chi connectivity index (χ0n) is 5.20. The fourth-order valence-corrected chi connectivity index (χ4v) is 0.301. The van der Waals surface area contributed by atoms with Crippen molar-refractivity contribution in [1.29, 1.82) is 0 Å². The van der Waals surface area contributed by atoms with Crippen LogP contribution in [0.5, 0.6) is 0 Å². The lowest BCUT2D eigenvalue weighted by Crippen LogP contribution is -2.20. The van der Waals surface area contributed by atoms with Crippen molar-refractivity contribution < 1.29 is 18.0 Å². The fraction of sp³-hybridized carbons (Fsp3) is 0.400. The number of ketones is 1. The molecule has 0 atom stereocenters. The van der Waals surface area contributed by atoms with Gasteiger partial charge in [0.05, 0.1) is 0 Å². The lowest BCUT2D eigenvalue weighted by atomic mass is 10.3. The van der Waals surface area contributed by atoms with Crippen molar-refractivity contribution in [3.05, 3.63) is 11.8 Å². The number of carbonyl (C=O) groups is 1. The number of carbonyl (C=O) groups excluding carboxylic acids is 1. The molecular formula is C5H6F3NO. The van der Waals surface area contributed by atoms with E-state index in [9.17, 15) is 18.0 Å². The van der Waals surface area contributed by atoms with Crippen LogP contribution in [0.25, 0.3) is 0 Å². The molecule has 0 rings (SSSR count). The Kier molecular flexibility index (Phi) is 2.45. The molecule has 10 heavy (non-hydrogen) atoms. The first-order valence-electron chi connectivity index (χ1n) is 2.39. The first kappa shape index (κ1) is 9.00. The number of nitrogens with two attached hydrogens (primary N) is 1. The van der Waals surface area contributed by atoms with Crippen molar-refractivity contribution in [2.75, 3.05) is 0 Å². The minimum atomic E-state index is -4.59. The second-order valence-electron chi connectivity index (χ2n) is 1.71. The number of alkyl halides is 3. The Morgan fingerprint density at radius 1 is 1.50 bits per heavy atom. The average Bonchev–Trinajstić information content (AvgIpc) is 1.60. The fourth-order valence-electron chi connectivity index (χ4n) is 0.301. The van der Waals surface area contributed by atoms with Gasteiger partial charge in [-0.05, 0) is 6.92 Å². The molecule has 2 nitrogen and oxygen atoms in total. The molecule has 0 radical (unpaired) electrons. The van der Waals surface area contributed by atoms with Crippen LogP contribution >= 0.6 is 0 Å². The average molecular weight is 153 g/mol. The van der Waals surface area contributed by atoms with E-state index < -0.39 is 17.7 Å². The van der Waals surface area contributed by atoms with Gasteiger partial charge in [0.2, 0.25) is 0 Å². The van der Waals surface area contributed by atoms with Gasteiger partial charge >= 0.3 is 6.18 Å². The first-order chi connectivity index (χ1) is 4.34. The van der Waals surface area contributed by atoms with Crippen molar-refractivity contribution in [2.24, 2.45) is 5.73 Å². The van der Waals surface area contributed by atoms with E-state index in [1.165, 1.54) is 0 Å². The summed E-state index contributed by atoms with van der Waals surface area (Å²) in [7, 11) is 0. The Bertz CT molecular complexity index is 170. The minimum Gasteiger partial charge on any atom is -0.395 e. The summed E-state index contributed by atoms with van der Waals surface area (Å²) in [5.41, 5.74) is 3.11. The number of hydrogen-bond acceptors (Lipinski definition) is 2. The molecule has 0 aromatic rings. The van der Waals surface area contributed by atoms with E-state index in [0.29, 0.717) is 6.08 Å². The van der Waals surface area contributed by atoms with Gasteiger partial charge in [-0.2, -0.15) is 13.2 Å². The highest BCUT2D eigenvalue weighted by Gasteiger charge is 2.31. The summed E-state index contributed by atoms with van der Waals surface area (Å²) < 4.78 is 34.4. The minimum absolute atomic E-state index is 0.347. The second kappa shape index (κ2) is 2.72. The van der Waals surface area contributed by atoms with Gasteiger partial charge in [0.1, 0.15) is 5.70 Å². The second-order valence-corrected chi connectivity index (χ2v) is 1.71. The van der Waals surface area contributed by atoms with E-state index >= 15 is 0 Å². The standard InChI is InChI=1S/C5H6F3NO/c1-3(10)2-4(9)5(6,7)8/h2H,9H2,1H3/b4-2-. The van der Waals surface area contributed by atoms with Crippen molar-refractivity contribution in [2.45, 2.75) is 13.1 Å². The summed E-state index contributed by atoms with van der Waals surface area (Å²) in [6.45, 7) is 0.999. The van der Waals surface area contributed by atoms with E-state index in [4.69, 9.17) is 0 Å². The molecule has 0 saturated heterocycles. The SMILES string of the molecule is CC(=O)/C=C(\N)C(F)(F)F. The summed E-state index contributed by atoms with van der Waals surface area (Å²) in [6, 6.07) is 0. The normalized spacial score (nSPS) is 13.4. The van der Waals surface area contributed by atoms with E-state index in [0.717, 1.165) is 6.92 Å². The van der Waals surface area contributed by atoms with Crippen LogP contribution in [0.3, 0.4) is 0 Å². The Labute approximate surface area is 55.5 Å². The first-order valence-corrected chi connectivity index (χ1v) is 2.39. The van der Waals surface area contributed by atoms with E-state index in [1.54, 1.807) is 0 Å². The van der Waals surface area contributed by atoms with Crippen molar-refractivity contribution in [3.8, 4) is 0 Å². The third-order valence-electron chi connectivity index (χ3n) is 0.686. The van der Waals surface area contributed by atoms with Gasteiger partial charge in [-0.25, -0.2) is 0 Å². The lowest BCUT2D eigenvalue weighted by Gasteiger charge is -2.03. The highest BCUT2D eigenvalue weighted by atomic mass is 19.4. The molecule has 0 unspecified atom stereocenters. The molecule has 0 bridgehead atoms. The lowest BCUT2D eigenvalue weighted by molar-refractivity contribution is -0.114. The molecule has 0 aliphatic heterocycles. The monoisotopic (exact) mass is 153 g/mol. The van der Waals surface area contributed by atoms with Crippen LogP contribution in [0.15, 0.2) is 11.8 Å². The van der Waals surface area contributed by atoms with E-state index in [1.807, 2.05) is 0 Å². The number of allylic oxidation sites excluding steroid dienone is 2. The summed E-state index contributed by atoms with van der Waals surface area (Å²) in [6.07, 6.45) is -4.24. The third-order valence-corrected chi connectivity index (χ3v) is 0.686. The largest absolute Gasteiger partial charge is 0.430 e. The highest BCUT2D eigenvalue weighted by Crippen LogP contribution is 2.20. The summed E-state index contributed by atoms with van der Waals surface area (Å²) in [5, 5.41) is 0. The Hall–Kier alpha value is -1.00. The van der Waals surface area contributed by atoms with Crippen molar-refractivity contribution in [3.63, 3.8) is 0 Å². The molecule has 0 aromatic carbocycles. The summed E-state index contributed by atoms with van der Waals surface area (Å²) in [4.78, 5) is 10.0. The number of hydrogen-bond donors (Lipinski definition) is 1. The van der Waals surface area contributed by atoms with Crippen LogP contribution in [0, 0.1) is 0 Å². The zero-order valence-corrected chi connectivity index (χ0v) is 5.20. The molecule has 0 fully saturated rings. The Balaban J connectivity index is 4.35. The van der Waals surface area contributed by atoms with Crippen LogP contribution in [-0.4, -0.2) is 12.0 Å².